The van der Waals surface area contributed by atoms with Gasteiger partial charge in [0.15, 0.2) is 15.7 Å². The molecular weight excluding hydrogens is 254 g/mol. The molecule has 18 heavy (non-hydrogen) atoms. The van der Waals surface area contributed by atoms with Gasteiger partial charge in [-0.25, -0.2) is 8.42 Å². The van der Waals surface area contributed by atoms with E-state index >= 15 is 0 Å². The lowest BCUT2D eigenvalue weighted by atomic mass is 10.1. The maximum Gasteiger partial charge on any atom is 0.228 e. The van der Waals surface area contributed by atoms with Crippen LogP contribution >= 0.6 is 0 Å². The number of rotatable bonds is 4. The third-order valence-corrected chi connectivity index (χ3v) is 5.49. The Balaban J connectivity index is 1.66. The van der Waals surface area contributed by atoms with E-state index in [0.717, 1.165) is 0 Å². The highest BCUT2D eigenvalue weighted by atomic mass is 32.2. The Labute approximate surface area is 106 Å². The van der Waals surface area contributed by atoms with Crippen molar-refractivity contribution < 1.29 is 12.9 Å². The lowest BCUT2D eigenvalue weighted by molar-refractivity contribution is 0.357. The van der Waals surface area contributed by atoms with Crippen molar-refractivity contribution in [2.45, 2.75) is 37.6 Å². The second kappa shape index (κ2) is 4.31. The first kappa shape index (κ1) is 12.1. The summed E-state index contributed by atoms with van der Waals surface area (Å²) >= 11 is 0. The van der Waals surface area contributed by atoms with E-state index in [9.17, 15) is 8.42 Å². The largest absolute Gasteiger partial charge is 0.339 e. The first-order valence-corrected chi connectivity index (χ1v) is 8.14. The van der Waals surface area contributed by atoms with Gasteiger partial charge in [-0.1, -0.05) is 5.16 Å². The van der Waals surface area contributed by atoms with E-state index in [2.05, 4.69) is 10.1 Å². The molecule has 2 aliphatic rings. The number of sulfone groups is 1. The standard InChI is InChI=1S/C11H17N3O3S/c12-9(7-1-2-7)5-10-13-11(14-17-10)8-3-4-18(15,16)6-8/h7-9H,1-6,12H2. The maximum atomic E-state index is 11.4. The van der Waals surface area contributed by atoms with Crippen LogP contribution in [0.2, 0.25) is 0 Å². The summed E-state index contributed by atoms with van der Waals surface area (Å²) in [5.74, 6) is 1.91. The van der Waals surface area contributed by atoms with E-state index in [0.29, 0.717) is 30.5 Å². The average molecular weight is 271 g/mol. The molecule has 6 nitrogen and oxygen atoms in total. The Morgan fingerprint density at radius 2 is 2.17 bits per heavy atom. The lowest BCUT2D eigenvalue weighted by Crippen LogP contribution is -2.25. The van der Waals surface area contributed by atoms with Gasteiger partial charge in [-0.05, 0) is 25.2 Å². The Bertz CT molecular complexity index is 535. The zero-order valence-corrected chi connectivity index (χ0v) is 10.9. The molecule has 2 fully saturated rings. The van der Waals surface area contributed by atoms with Gasteiger partial charge in [-0.2, -0.15) is 4.98 Å². The second-order valence-corrected chi connectivity index (χ2v) is 7.58. The fraction of sp³-hybridized carbons (Fsp3) is 0.818. The Morgan fingerprint density at radius 1 is 1.39 bits per heavy atom. The minimum Gasteiger partial charge on any atom is -0.339 e. The van der Waals surface area contributed by atoms with Crippen molar-refractivity contribution in [3.05, 3.63) is 11.7 Å². The monoisotopic (exact) mass is 271 g/mol. The summed E-state index contributed by atoms with van der Waals surface area (Å²) in [5.41, 5.74) is 5.99. The van der Waals surface area contributed by atoms with Crippen LogP contribution in [-0.4, -0.2) is 36.1 Å². The predicted molar refractivity (Wildman–Crippen MR) is 64.7 cm³/mol. The highest BCUT2D eigenvalue weighted by Crippen LogP contribution is 2.33. The molecule has 2 heterocycles. The molecule has 1 aromatic heterocycles. The maximum absolute atomic E-state index is 11.4. The van der Waals surface area contributed by atoms with Crippen LogP contribution in [0.25, 0.3) is 0 Å². The highest BCUT2D eigenvalue weighted by molar-refractivity contribution is 7.91. The van der Waals surface area contributed by atoms with E-state index < -0.39 is 9.84 Å². The summed E-state index contributed by atoms with van der Waals surface area (Å²) in [6.07, 6.45) is 3.55. The van der Waals surface area contributed by atoms with Crippen LogP contribution in [0, 0.1) is 5.92 Å². The van der Waals surface area contributed by atoms with Crippen LogP contribution in [0.3, 0.4) is 0 Å². The Morgan fingerprint density at radius 3 is 2.78 bits per heavy atom. The second-order valence-electron chi connectivity index (χ2n) is 5.35. The van der Waals surface area contributed by atoms with Gasteiger partial charge < -0.3 is 10.3 Å². The number of aromatic nitrogens is 2. The molecule has 1 aliphatic heterocycles. The van der Waals surface area contributed by atoms with Gasteiger partial charge in [0.25, 0.3) is 0 Å². The van der Waals surface area contributed by atoms with Gasteiger partial charge in [0.05, 0.1) is 11.5 Å². The van der Waals surface area contributed by atoms with Crippen LogP contribution < -0.4 is 5.73 Å². The van der Waals surface area contributed by atoms with Crippen molar-refractivity contribution >= 4 is 9.84 Å². The molecule has 2 atom stereocenters. The minimum absolute atomic E-state index is 0.0885. The van der Waals surface area contributed by atoms with E-state index in [1.54, 1.807) is 0 Å². The van der Waals surface area contributed by atoms with Crippen LogP contribution in [0.5, 0.6) is 0 Å². The third-order valence-electron chi connectivity index (χ3n) is 3.72. The predicted octanol–water partition coefficient (Wildman–Crippen LogP) is 0.251. The molecule has 2 N–H and O–H groups in total. The highest BCUT2D eigenvalue weighted by Gasteiger charge is 2.33. The Kier molecular flexibility index (Phi) is 2.90. The van der Waals surface area contributed by atoms with Crippen molar-refractivity contribution in [2.24, 2.45) is 11.7 Å². The smallest absolute Gasteiger partial charge is 0.228 e. The van der Waals surface area contributed by atoms with Crippen molar-refractivity contribution in [1.29, 1.82) is 0 Å². The molecule has 0 amide bonds. The van der Waals surface area contributed by atoms with Gasteiger partial charge in [0.1, 0.15) is 0 Å². The fourth-order valence-corrected chi connectivity index (χ4v) is 4.15. The van der Waals surface area contributed by atoms with Crippen LogP contribution in [0.1, 0.15) is 36.9 Å². The number of hydrogen-bond acceptors (Lipinski definition) is 6. The quantitative estimate of drug-likeness (QED) is 0.842. The molecule has 0 radical (unpaired) electrons. The SMILES string of the molecule is NC(Cc1nc(C2CCS(=O)(=O)C2)no1)C1CC1. The lowest BCUT2D eigenvalue weighted by Gasteiger charge is -2.05. The van der Waals surface area contributed by atoms with Gasteiger partial charge >= 0.3 is 0 Å². The van der Waals surface area contributed by atoms with Gasteiger partial charge in [-0.15, -0.1) is 0 Å². The molecule has 0 spiro atoms. The van der Waals surface area contributed by atoms with E-state index in [4.69, 9.17) is 10.3 Å². The molecule has 1 saturated heterocycles. The van der Waals surface area contributed by atoms with Crippen LogP contribution in [0.4, 0.5) is 0 Å². The van der Waals surface area contributed by atoms with E-state index in [1.807, 2.05) is 0 Å². The van der Waals surface area contributed by atoms with Crippen LogP contribution in [0.15, 0.2) is 4.52 Å². The summed E-state index contributed by atoms with van der Waals surface area (Å²) in [6.45, 7) is 0. The molecule has 1 aromatic rings. The van der Waals surface area contributed by atoms with Crippen LogP contribution in [-0.2, 0) is 16.3 Å². The van der Waals surface area contributed by atoms with Gasteiger partial charge in [-0.3, -0.25) is 0 Å². The summed E-state index contributed by atoms with van der Waals surface area (Å²) in [7, 11) is -2.91. The molecule has 100 valence electrons. The first-order chi connectivity index (χ1) is 8.53. The normalized spacial score (nSPS) is 28.4. The van der Waals surface area contributed by atoms with E-state index in [1.165, 1.54) is 12.8 Å². The number of nitrogens with zero attached hydrogens (tertiary/aromatic N) is 2. The number of hydrogen-bond donors (Lipinski definition) is 1. The molecular formula is C11H17N3O3S. The van der Waals surface area contributed by atoms with E-state index in [-0.39, 0.29) is 23.5 Å². The van der Waals surface area contributed by atoms with Gasteiger partial charge in [0, 0.05) is 18.4 Å². The van der Waals surface area contributed by atoms with Crippen molar-refractivity contribution in [2.75, 3.05) is 11.5 Å². The Hall–Kier alpha value is -0.950. The summed E-state index contributed by atoms with van der Waals surface area (Å²) in [5, 5.41) is 3.89. The molecule has 7 heteroatoms. The molecule has 3 rings (SSSR count). The summed E-state index contributed by atoms with van der Waals surface area (Å²) in [6, 6.07) is 0.0885. The fourth-order valence-electron chi connectivity index (χ4n) is 2.41. The molecule has 1 aliphatic carbocycles. The zero-order chi connectivity index (χ0) is 12.8. The van der Waals surface area contributed by atoms with Crippen molar-refractivity contribution in [1.82, 2.24) is 10.1 Å². The molecule has 0 bridgehead atoms. The first-order valence-electron chi connectivity index (χ1n) is 6.32. The van der Waals surface area contributed by atoms with Crippen molar-refractivity contribution in [3.63, 3.8) is 0 Å². The third kappa shape index (κ3) is 2.56. The molecule has 1 saturated carbocycles. The molecule has 2 unspecified atom stereocenters. The topological polar surface area (TPSA) is 99.1 Å². The zero-order valence-electron chi connectivity index (χ0n) is 10.1. The van der Waals surface area contributed by atoms with Crippen molar-refractivity contribution in [3.8, 4) is 0 Å². The number of nitrogens with two attached hydrogens (primary N) is 1. The summed E-state index contributed by atoms with van der Waals surface area (Å²) < 4.78 is 27.9. The average Bonchev–Trinajstić information content (AvgIpc) is 2.96. The summed E-state index contributed by atoms with van der Waals surface area (Å²) in [4.78, 5) is 4.29. The van der Waals surface area contributed by atoms with Gasteiger partial charge in [0.2, 0.25) is 5.89 Å². The minimum atomic E-state index is -2.91. The molecule has 0 aromatic carbocycles.